The highest BCUT2D eigenvalue weighted by Gasteiger charge is 2.44. The molecule has 0 saturated heterocycles. The molecule has 1 N–H and O–H groups in total. The van der Waals surface area contributed by atoms with E-state index in [0.29, 0.717) is 19.4 Å². The van der Waals surface area contributed by atoms with Crippen molar-refractivity contribution in [3.05, 3.63) is 71.0 Å². The number of carbonyl (C=O) groups excluding carboxylic acids is 1. The maximum absolute atomic E-state index is 14.0. The minimum atomic E-state index is -4.80. The zero-order valence-electron chi connectivity index (χ0n) is 22.6. The maximum Gasteiger partial charge on any atom is 0.436 e. The summed E-state index contributed by atoms with van der Waals surface area (Å²) in [6.07, 6.45) is 0.602. The number of rotatable bonds is 12. The van der Waals surface area contributed by atoms with Crippen molar-refractivity contribution < 1.29 is 30.6 Å². The van der Waals surface area contributed by atoms with E-state index in [2.05, 4.69) is 17.0 Å². The standard InChI is InChI=1S/C27H35F3N4O4S/c1-6-9-22(18(2)3)19(4)31-25(35)23-24(27(28,29)30)32-34-14-13-33(26(23)34)17-21-11-7-10-20(16-21)12-8-15-38-39(5,36)37/h6-7,9-11,16,18-19H,1,8,12-15,17H2,2-5H3,(H,31,35)/b22-9+. The Morgan fingerprint density at radius 2 is 1.92 bits per heavy atom. The number of carbonyl (C=O) groups is 1. The van der Waals surface area contributed by atoms with Crippen molar-refractivity contribution in [2.24, 2.45) is 5.92 Å². The molecule has 0 aliphatic carbocycles. The van der Waals surface area contributed by atoms with E-state index in [0.717, 1.165) is 23.0 Å². The van der Waals surface area contributed by atoms with Crippen LogP contribution in [0.4, 0.5) is 19.0 Å². The van der Waals surface area contributed by atoms with Gasteiger partial charge in [-0.3, -0.25) is 8.98 Å². The molecule has 1 aliphatic heterocycles. The van der Waals surface area contributed by atoms with Crippen molar-refractivity contribution in [1.29, 1.82) is 0 Å². The number of halogens is 3. The Kier molecular flexibility index (Phi) is 9.65. The van der Waals surface area contributed by atoms with Gasteiger partial charge in [0.05, 0.1) is 19.4 Å². The average molecular weight is 569 g/mol. The molecular formula is C27H35F3N4O4S. The number of nitrogens with one attached hydrogen (secondary N) is 1. The van der Waals surface area contributed by atoms with Gasteiger partial charge in [-0.1, -0.05) is 56.8 Å². The van der Waals surface area contributed by atoms with Gasteiger partial charge < -0.3 is 10.2 Å². The molecule has 2 aromatic rings. The lowest BCUT2D eigenvalue weighted by Gasteiger charge is -2.23. The minimum Gasteiger partial charge on any atom is -0.350 e. The molecule has 0 fully saturated rings. The van der Waals surface area contributed by atoms with Gasteiger partial charge in [0.25, 0.3) is 16.0 Å². The molecule has 3 rings (SSSR count). The van der Waals surface area contributed by atoms with Crippen LogP contribution < -0.4 is 10.2 Å². The van der Waals surface area contributed by atoms with Gasteiger partial charge in [0.2, 0.25) is 0 Å². The molecule has 1 unspecified atom stereocenters. The third-order valence-corrected chi connectivity index (χ3v) is 6.99. The number of hydrogen-bond donors (Lipinski definition) is 1. The Hall–Kier alpha value is -3.12. The quantitative estimate of drug-likeness (QED) is 0.226. The van der Waals surface area contributed by atoms with E-state index in [1.165, 1.54) is 4.68 Å². The van der Waals surface area contributed by atoms with Crippen LogP contribution in [0.5, 0.6) is 0 Å². The first-order valence-electron chi connectivity index (χ1n) is 12.7. The molecule has 8 nitrogen and oxygen atoms in total. The summed E-state index contributed by atoms with van der Waals surface area (Å²) in [7, 11) is -3.51. The fraction of sp³-hybridized carbons (Fsp3) is 0.481. The van der Waals surface area contributed by atoms with Crippen LogP contribution in [0, 0.1) is 5.92 Å². The summed E-state index contributed by atoms with van der Waals surface area (Å²) >= 11 is 0. The van der Waals surface area contributed by atoms with Crippen LogP contribution in [0.25, 0.3) is 0 Å². The molecular weight excluding hydrogens is 533 g/mol. The summed E-state index contributed by atoms with van der Waals surface area (Å²) in [5.41, 5.74) is 0.935. The molecule has 0 saturated carbocycles. The third-order valence-electron chi connectivity index (χ3n) is 6.40. The normalized spacial score (nSPS) is 15.0. The summed E-state index contributed by atoms with van der Waals surface area (Å²) in [5.74, 6) is -0.643. The lowest BCUT2D eigenvalue weighted by molar-refractivity contribution is -0.141. The van der Waals surface area contributed by atoms with Crippen LogP contribution >= 0.6 is 0 Å². The van der Waals surface area contributed by atoms with E-state index in [1.54, 1.807) is 24.0 Å². The van der Waals surface area contributed by atoms with Crippen molar-refractivity contribution in [2.75, 3.05) is 24.3 Å². The molecule has 12 heteroatoms. The number of fused-ring (bicyclic) bond motifs is 1. The van der Waals surface area contributed by atoms with Gasteiger partial charge in [0.15, 0.2) is 5.69 Å². The number of aryl methyl sites for hydroxylation is 1. The summed E-state index contributed by atoms with van der Waals surface area (Å²) < 4.78 is 70.3. The Balaban J connectivity index is 1.85. The number of hydrogen-bond acceptors (Lipinski definition) is 6. The highest BCUT2D eigenvalue weighted by atomic mass is 32.2. The molecule has 2 heterocycles. The minimum absolute atomic E-state index is 0.0555. The van der Waals surface area contributed by atoms with Crippen LogP contribution in [0.3, 0.4) is 0 Å². The number of alkyl halides is 3. The second-order valence-electron chi connectivity index (χ2n) is 9.89. The zero-order chi connectivity index (χ0) is 29.0. The first-order chi connectivity index (χ1) is 18.2. The number of aromatic nitrogens is 2. The molecule has 0 spiro atoms. The predicted octanol–water partition coefficient (Wildman–Crippen LogP) is 4.72. The molecule has 39 heavy (non-hydrogen) atoms. The molecule has 1 aliphatic rings. The Morgan fingerprint density at radius 1 is 1.23 bits per heavy atom. The number of nitrogens with zero attached hydrogens (tertiary/aromatic N) is 3. The van der Waals surface area contributed by atoms with Gasteiger partial charge in [-0.25, -0.2) is 4.68 Å². The van der Waals surface area contributed by atoms with Crippen molar-refractivity contribution in [3.63, 3.8) is 0 Å². The van der Waals surface area contributed by atoms with E-state index in [4.69, 9.17) is 4.18 Å². The summed E-state index contributed by atoms with van der Waals surface area (Å²) in [4.78, 5) is 15.1. The highest BCUT2D eigenvalue weighted by molar-refractivity contribution is 7.85. The second-order valence-corrected chi connectivity index (χ2v) is 11.5. The Labute approximate surface area is 227 Å². The number of allylic oxidation sites excluding steroid dienone is 2. The van der Waals surface area contributed by atoms with Crippen LogP contribution in [0.1, 0.15) is 54.4 Å². The fourth-order valence-corrected chi connectivity index (χ4v) is 5.15. The second kappa shape index (κ2) is 12.4. The molecule has 1 amide bonds. The average Bonchev–Trinajstić information content (AvgIpc) is 3.40. The smallest absolute Gasteiger partial charge is 0.350 e. The van der Waals surface area contributed by atoms with Crippen molar-refractivity contribution in [1.82, 2.24) is 15.1 Å². The zero-order valence-corrected chi connectivity index (χ0v) is 23.4. The molecule has 214 valence electrons. The summed E-state index contributed by atoms with van der Waals surface area (Å²) in [5, 5.41) is 6.52. The third kappa shape index (κ3) is 7.95. The van der Waals surface area contributed by atoms with E-state index >= 15 is 0 Å². The first kappa shape index (κ1) is 30.4. The van der Waals surface area contributed by atoms with Crippen LogP contribution in [-0.2, 0) is 40.0 Å². The molecule has 1 aromatic carbocycles. The van der Waals surface area contributed by atoms with E-state index in [9.17, 15) is 26.4 Å². The largest absolute Gasteiger partial charge is 0.436 e. The monoisotopic (exact) mass is 568 g/mol. The summed E-state index contributed by atoms with van der Waals surface area (Å²) in [6, 6.07) is 7.00. The van der Waals surface area contributed by atoms with E-state index < -0.39 is 39.5 Å². The Morgan fingerprint density at radius 3 is 2.54 bits per heavy atom. The number of anilines is 1. The topological polar surface area (TPSA) is 93.5 Å². The van der Waals surface area contributed by atoms with Gasteiger partial charge in [-0.05, 0) is 42.4 Å². The van der Waals surface area contributed by atoms with E-state index in [-0.39, 0.29) is 31.4 Å². The Bertz CT molecular complexity index is 1330. The molecule has 1 atom stereocenters. The predicted molar refractivity (Wildman–Crippen MR) is 144 cm³/mol. The molecule has 0 radical (unpaired) electrons. The van der Waals surface area contributed by atoms with E-state index in [1.807, 2.05) is 38.1 Å². The molecule has 1 aromatic heterocycles. The van der Waals surface area contributed by atoms with Crippen molar-refractivity contribution in [2.45, 2.75) is 58.9 Å². The van der Waals surface area contributed by atoms with Gasteiger partial charge in [0.1, 0.15) is 11.4 Å². The van der Waals surface area contributed by atoms with Crippen molar-refractivity contribution >= 4 is 21.8 Å². The first-order valence-corrected chi connectivity index (χ1v) is 14.5. The maximum atomic E-state index is 14.0. The number of amides is 1. The lowest BCUT2D eigenvalue weighted by atomic mass is 9.96. The van der Waals surface area contributed by atoms with Gasteiger partial charge >= 0.3 is 6.18 Å². The van der Waals surface area contributed by atoms with Crippen LogP contribution in [-0.4, -0.2) is 49.6 Å². The summed E-state index contributed by atoms with van der Waals surface area (Å²) in [6.45, 7) is 10.2. The number of benzene rings is 1. The van der Waals surface area contributed by atoms with Crippen LogP contribution in [0.2, 0.25) is 0 Å². The van der Waals surface area contributed by atoms with Gasteiger partial charge in [-0.2, -0.15) is 26.7 Å². The highest BCUT2D eigenvalue weighted by Crippen LogP contribution is 2.38. The fourth-order valence-electron chi connectivity index (χ4n) is 4.73. The SMILES string of the molecule is C=C/C=C(\C(C)C)C(C)NC(=O)c1c(C(F)(F)F)nn2c1N(Cc1cccc(CCCOS(C)(=O)=O)c1)CC2. The van der Waals surface area contributed by atoms with Crippen LogP contribution in [0.15, 0.2) is 48.6 Å². The molecule has 0 bridgehead atoms. The van der Waals surface area contributed by atoms with Gasteiger partial charge in [-0.15, -0.1) is 0 Å². The lowest BCUT2D eigenvalue weighted by Crippen LogP contribution is -2.37. The van der Waals surface area contributed by atoms with Gasteiger partial charge in [0, 0.05) is 19.1 Å². The van der Waals surface area contributed by atoms with Crippen molar-refractivity contribution in [3.8, 4) is 0 Å².